The van der Waals surface area contributed by atoms with Crippen molar-refractivity contribution in [3.8, 4) is 0 Å². The number of phosphoric ester groups is 2. The normalized spacial score (nSPS) is 14.3. The van der Waals surface area contributed by atoms with Crippen LogP contribution in [0.25, 0.3) is 0 Å². The molecular formula is C71H138O17P2. The second-order valence-corrected chi connectivity index (χ2v) is 30.4. The molecule has 0 aromatic rings. The number of aliphatic hydroxyl groups is 1. The third-order valence-corrected chi connectivity index (χ3v) is 18.2. The van der Waals surface area contributed by atoms with Crippen molar-refractivity contribution in [3.63, 3.8) is 0 Å². The summed E-state index contributed by atoms with van der Waals surface area (Å²) in [5.74, 6) is 0.855. The fraction of sp³-hybridized carbons (Fsp3) is 0.944. The fourth-order valence-corrected chi connectivity index (χ4v) is 12.2. The summed E-state index contributed by atoms with van der Waals surface area (Å²) in [7, 11) is -9.90. The number of aliphatic hydroxyl groups excluding tert-OH is 1. The van der Waals surface area contributed by atoms with E-state index >= 15 is 0 Å². The Morgan fingerprint density at radius 2 is 0.467 bits per heavy atom. The lowest BCUT2D eigenvalue weighted by atomic mass is 10.0. The van der Waals surface area contributed by atoms with Gasteiger partial charge in [-0.15, -0.1) is 0 Å². The summed E-state index contributed by atoms with van der Waals surface area (Å²) in [5, 5.41) is 10.6. The molecule has 3 N–H and O–H groups in total. The Morgan fingerprint density at radius 3 is 0.689 bits per heavy atom. The predicted molar refractivity (Wildman–Crippen MR) is 363 cm³/mol. The summed E-state index contributed by atoms with van der Waals surface area (Å²) in [6, 6.07) is 0. The second-order valence-electron chi connectivity index (χ2n) is 27.5. The van der Waals surface area contributed by atoms with Crippen molar-refractivity contribution in [2.24, 2.45) is 23.7 Å². The molecule has 3 unspecified atom stereocenters. The molecule has 0 aromatic carbocycles. The van der Waals surface area contributed by atoms with Gasteiger partial charge in [0, 0.05) is 25.7 Å². The van der Waals surface area contributed by atoms with Crippen LogP contribution in [0.15, 0.2) is 0 Å². The van der Waals surface area contributed by atoms with Crippen molar-refractivity contribution >= 4 is 39.5 Å². The standard InChI is InChI=1S/C71H138O17P2/c1-61(2)47-39-31-23-15-11-9-10-12-18-29-37-45-53-70(75)87-66(57-81-68(73)51-43-35-27-19-13-16-24-32-40-48-62(3)4)59-85-89(77,78)83-55-65(72)56-84-90(79,80)86-60-67(58-82-69(74)52-44-36-28-22-21-26-34-42-50-64(7)8)88-71(76)54-46-38-30-20-14-17-25-33-41-49-63(5)6/h61-67,72H,9-60H2,1-8H3,(H,77,78)(H,79,80)/t65?,66-,67-/m1/s1. The number of ether oxygens (including phenoxy) is 4. The Labute approximate surface area is 549 Å². The molecule has 0 fully saturated rings. The molecule has 534 valence electrons. The van der Waals surface area contributed by atoms with E-state index in [1.165, 1.54) is 154 Å². The van der Waals surface area contributed by atoms with Gasteiger partial charge in [0.25, 0.3) is 0 Å². The average molecular weight is 1330 g/mol. The number of rotatable bonds is 68. The van der Waals surface area contributed by atoms with Crippen molar-refractivity contribution in [1.82, 2.24) is 0 Å². The smallest absolute Gasteiger partial charge is 0.462 e. The van der Waals surface area contributed by atoms with Crippen LogP contribution in [0.5, 0.6) is 0 Å². The summed E-state index contributed by atoms with van der Waals surface area (Å²) >= 11 is 0. The third-order valence-electron chi connectivity index (χ3n) is 16.3. The first-order valence-corrected chi connectivity index (χ1v) is 39.7. The molecule has 0 aromatic heterocycles. The lowest BCUT2D eigenvalue weighted by Gasteiger charge is -2.21. The summed E-state index contributed by atoms with van der Waals surface area (Å²) in [6.45, 7) is 14.1. The molecule has 0 saturated carbocycles. The van der Waals surface area contributed by atoms with Gasteiger partial charge in [-0.3, -0.25) is 37.3 Å². The first kappa shape index (κ1) is 88.1. The van der Waals surface area contributed by atoms with Crippen molar-refractivity contribution in [3.05, 3.63) is 0 Å². The zero-order chi connectivity index (χ0) is 66.8. The molecule has 0 heterocycles. The minimum Gasteiger partial charge on any atom is -0.462 e. The number of unbranched alkanes of at least 4 members (excludes halogenated alkanes) is 34. The molecule has 17 nitrogen and oxygen atoms in total. The van der Waals surface area contributed by atoms with E-state index in [-0.39, 0.29) is 25.7 Å². The van der Waals surface area contributed by atoms with Gasteiger partial charge in [0.1, 0.15) is 19.3 Å². The highest BCUT2D eigenvalue weighted by Gasteiger charge is 2.30. The fourth-order valence-electron chi connectivity index (χ4n) is 10.7. The van der Waals surface area contributed by atoms with Crippen molar-refractivity contribution in [2.45, 2.75) is 369 Å². The van der Waals surface area contributed by atoms with Crippen molar-refractivity contribution in [2.75, 3.05) is 39.6 Å². The van der Waals surface area contributed by atoms with Crippen LogP contribution in [0.2, 0.25) is 0 Å². The average Bonchev–Trinajstić information content (AvgIpc) is 3.70. The number of carbonyl (C=O) groups excluding carboxylic acids is 4. The number of hydrogen-bond donors (Lipinski definition) is 3. The van der Waals surface area contributed by atoms with E-state index in [9.17, 15) is 43.2 Å². The van der Waals surface area contributed by atoms with E-state index in [0.717, 1.165) is 114 Å². The van der Waals surface area contributed by atoms with Crippen LogP contribution in [0, 0.1) is 23.7 Å². The van der Waals surface area contributed by atoms with Gasteiger partial charge in [-0.25, -0.2) is 9.13 Å². The molecule has 0 aliphatic heterocycles. The zero-order valence-corrected chi connectivity index (χ0v) is 60.6. The van der Waals surface area contributed by atoms with E-state index in [2.05, 4.69) is 55.4 Å². The van der Waals surface area contributed by atoms with Crippen LogP contribution in [0.4, 0.5) is 0 Å². The maximum Gasteiger partial charge on any atom is 0.472 e. The monoisotopic (exact) mass is 1320 g/mol. The molecule has 0 aliphatic rings. The molecular weight excluding hydrogens is 1190 g/mol. The summed E-state index contributed by atoms with van der Waals surface area (Å²) in [4.78, 5) is 72.6. The largest absolute Gasteiger partial charge is 0.472 e. The van der Waals surface area contributed by atoms with E-state index in [1.807, 2.05) is 0 Å². The molecule has 0 aliphatic carbocycles. The number of carbonyl (C=O) groups is 4. The van der Waals surface area contributed by atoms with Gasteiger partial charge in [-0.1, -0.05) is 299 Å². The van der Waals surface area contributed by atoms with Gasteiger partial charge < -0.3 is 33.8 Å². The van der Waals surface area contributed by atoms with Crippen LogP contribution in [0.1, 0.15) is 351 Å². The number of phosphoric acid groups is 2. The second kappa shape index (κ2) is 60.7. The molecule has 0 bridgehead atoms. The number of hydrogen-bond acceptors (Lipinski definition) is 15. The maximum atomic E-state index is 13.0. The highest BCUT2D eigenvalue weighted by molar-refractivity contribution is 7.47. The van der Waals surface area contributed by atoms with Gasteiger partial charge in [0.05, 0.1) is 26.4 Å². The predicted octanol–water partition coefficient (Wildman–Crippen LogP) is 20.1. The van der Waals surface area contributed by atoms with Crippen LogP contribution < -0.4 is 0 Å². The Kier molecular flexibility index (Phi) is 59.4. The molecule has 19 heteroatoms. The molecule has 0 amide bonds. The van der Waals surface area contributed by atoms with Gasteiger partial charge in [-0.2, -0.15) is 0 Å². The summed E-state index contributed by atoms with van der Waals surface area (Å²) in [6.07, 6.45) is 43.1. The molecule has 0 radical (unpaired) electrons. The van der Waals surface area contributed by atoms with Crippen LogP contribution in [0.3, 0.4) is 0 Å². The number of esters is 4. The Morgan fingerprint density at radius 1 is 0.278 bits per heavy atom. The zero-order valence-electron chi connectivity index (χ0n) is 58.8. The highest BCUT2D eigenvalue weighted by atomic mass is 31.2. The minimum atomic E-state index is -4.95. The van der Waals surface area contributed by atoms with Gasteiger partial charge in [-0.05, 0) is 49.4 Å². The van der Waals surface area contributed by atoms with E-state index in [4.69, 9.17) is 37.0 Å². The highest BCUT2D eigenvalue weighted by Crippen LogP contribution is 2.45. The van der Waals surface area contributed by atoms with Crippen LogP contribution in [-0.2, 0) is 65.4 Å². The van der Waals surface area contributed by atoms with Crippen LogP contribution in [-0.4, -0.2) is 96.7 Å². The van der Waals surface area contributed by atoms with E-state index < -0.39 is 97.5 Å². The van der Waals surface area contributed by atoms with Crippen molar-refractivity contribution in [1.29, 1.82) is 0 Å². The topological polar surface area (TPSA) is 237 Å². The van der Waals surface area contributed by atoms with Gasteiger partial charge in [0.2, 0.25) is 0 Å². The molecule has 0 spiro atoms. The van der Waals surface area contributed by atoms with Crippen molar-refractivity contribution < 1.29 is 80.2 Å². The van der Waals surface area contributed by atoms with Gasteiger partial charge in [0.15, 0.2) is 12.2 Å². The molecule has 5 atom stereocenters. The lowest BCUT2D eigenvalue weighted by molar-refractivity contribution is -0.161. The van der Waals surface area contributed by atoms with Gasteiger partial charge >= 0.3 is 39.5 Å². The summed E-state index contributed by atoms with van der Waals surface area (Å²) in [5.41, 5.74) is 0. The van der Waals surface area contributed by atoms with E-state index in [0.29, 0.717) is 25.7 Å². The SMILES string of the molecule is CC(C)CCCCCCCCCCCCCCC(=O)O[C@H](COC(=O)CCCCCCCCCCCC(C)C)COP(=O)(O)OCC(O)COP(=O)(O)OC[C@@H](COC(=O)CCCCCCCCCCC(C)C)OC(=O)CCCCCCCCCCCC(C)C. The lowest BCUT2D eigenvalue weighted by Crippen LogP contribution is -2.30. The third kappa shape index (κ3) is 64.8. The first-order chi connectivity index (χ1) is 43.1. The molecule has 90 heavy (non-hydrogen) atoms. The molecule has 0 saturated heterocycles. The Bertz CT molecular complexity index is 1780. The Hall–Kier alpha value is -1.94. The summed E-state index contributed by atoms with van der Waals surface area (Å²) < 4.78 is 68.3. The quantitative estimate of drug-likeness (QED) is 0.0222. The molecule has 0 rings (SSSR count). The Balaban J connectivity index is 5.26. The first-order valence-electron chi connectivity index (χ1n) is 36.7. The minimum absolute atomic E-state index is 0.104. The maximum absolute atomic E-state index is 13.0. The van der Waals surface area contributed by atoms with Crippen LogP contribution >= 0.6 is 15.6 Å². The van der Waals surface area contributed by atoms with E-state index in [1.54, 1.807) is 0 Å².